The van der Waals surface area contributed by atoms with Gasteiger partial charge in [-0.15, -0.1) is 0 Å². The fourth-order valence-electron chi connectivity index (χ4n) is 3.60. The number of nitrogens with zero attached hydrogens (tertiary/aromatic N) is 3. The smallest absolute Gasteiger partial charge is 0.283 e. The van der Waals surface area contributed by atoms with Crippen molar-refractivity contribution in [2.45, 2.75) is 26.4 Å². The van der Waals surface area contributed by atoms with E-state index in [1.807, 2.05) is 18.2 Å². The van der Waals surface area contributed by atoms with Crippen LogP contribution in [0.5, 0.6) is 23.0 Å². The number of rotatable bonds is 7. The van der Waals surface area contributed by atoms with E-state index in [4.69, 9.17) is 24.4 Å². The molecule has 9 nitrogen and oxygen atoms in total. The Morgan fingerprint density at radius 2 is 2.03 bits per heavy atom. The summed E-state index contributed by atoms with van der Waals surface area (Å²) in [7, 11) is 1.55. The topological polar surface area (TPSA) is 106 Å². The molecule has 0 aliphatic carbocycles. The van der Waals surface area contributed by atoms with Gasteiger partial charge in [-0.25, -0.2) is 0 Å². The van der Waals surface area contributed by atoms with Crippen molar-refractivity contribution < 1.29 is 23.7 Å². The van der Waals surface area contributed by atoms with Crippen LogP contribution in [0.15, 0.2) is 52.1 Å². The fourth-order valence-corrected chi connectivity index (χ4v) is 4.58. The number of benzene rings is 2. The lowest BCUT2D eigenvalue weighted by molar-refractivity contribution is -0.114. The summed E-state index contributed by atoms with van der Waals surface area (Å²) in [5.74, 6) is 2.03. The number of aliphatic imine (C=N–C) groups is 1. The standard InChI is InChI=1S/C24H22N4O5S/c1-3-4-21-27-28-22(25)16(23(29)26-24(28)34-21)9-14-5-7-17(19(10-14)30-2)31-12-15-6-8-18-20(11-15)33-13-32-18/h5-11,25H,3-4,12-13H2,1-2H3. The summed E-state index contributed by atoms with van der Waals surface area (Å²) in [6.07, 6.45) is 3.33. The maximum Gasteiger partial charge on any atom is 0.283 e. The first-order valence-electron chi connectivity index (χ1n) is 10.7. The quantitative estimate of drug-likeness (QED) is 0.587. The number of amides is 1. The largest absolute Gasteiger partial charge is 0.493 e. The Hall–Kier alpha value is -3.79. The van der Waals surface area contributed by atoms with Crippen LogP contribution in [0.1, 0.15) is 30.9 Å². The number of ether oxygens (including phenoxy) is 4. The van der Waals surface area contributed by atoms with E-state index >= 15 is 0 Å². The van der Waals surface area contributed by atoms with E-state index in [1.54, 1.807) is 31.4 Å². The Morgan fingerprint density at radius 3 is 2.85 bits per heavy atom. The molecule has 0 saturated heterocycles. The predicted molar refractivity (Wildman–Crippen MR) is 130 cm³/mol. The molecule has 0 radical (unpaired) electrons. The third-order valence-corrected chi connectivity index (χ3v) is 6.26. The van der Waals surface area contributed by atoms with Crippen LogP contribution in [0, 0.1) is 5.41 Å². The molecular weight excluding hydrogens is 456 g/mol. The number of carbonyl (C=O) groups excluding carboxylic acids is 1. The lowest BCUT2D eigenvalue weighted by Crippen LogP contribution is -2.35. The molecule has 5 rings (SSSR count). The molecule has 2 aromatic carbocycles. The zero-order valence-corrected chi connectivity index (χ0v) is 19.5. The van der Waals surface area contributed by atoms with Crippen molar-refractivity contribution in [3.8, 4) is 23.0 Å². The van der Waals surface area contributed by atoms with Crippen molar-refractivity contribution in [3.63, 3.8) is 0 Å². The van der Waals surface area contributed by atoms with Crippen LogP contribution in [0.4, 0.5) is 0 Å². The predicted octanol–water partition coefficient (Wildman–Crippen LogP) is 4.42. The first-order valence-corrected chi connectivity index (χ1v) is 11.6. The Labute approximate surface area is 200 Å². The number of hydrogen-bond acceptors (Lipinski definition) is 8. The summed E-state index contributed by atoms with van der Waals surface area (Å²) in [5, 5.41) is 15.6. The molecule has 34 heavy (non-hydrogen) atoms. The number of hydrogen-bond donors (Lipinski definition) is 1. The summed E-state index contributed by atoms with van der Waals surface area (Å²) in [5.41, 5.74) is 1.78. The van der Waals surface area contributed by atoms with E-state index in [-0.39, 0.29) is 18.2 Å². The molecule has 0 unspecified atom stereocenters. The van der Waals surface area contributed by atoms with Gasteiger partial charge in [0.1, 0.15) is 11.7 Å². The number of carbonyl (C=O) groups is 1. The molecule has 3 aliphatic rings. The van der Waals surface area contributed by atoms with Crippen LogP contribution in [0.3, 0.4) is 0 Å². The summed E-state index contributed by atoms with van der Waals surface area (Å²) in [6, 6.07) is 11.0. The van der Waals surface area contributed by atoms with Crippen molar-refractivity contribution in [2.75, 3.05) is 13.9 Å². The van der Waals surface area contributed by atoms with Gasteiger partial charge in [0.05, 0.1) is 12.7 Å². The van der Waals surface area contributed by atoms with Crippen molar-refractivity contribution in [1.82, 2.24) is 5.01 Å². The van der Waals surface area contributed by atoms with Crippen molar-refractivity contribution in [3.05, 3.63) is 53.1 Å². The number of hydrazone groups is 1. The first-order chi connectivity index (χ1) is 16.6. The van der Waals surface area contributed by atoms with E-state index in [0.29, 0.717) is 34.6 Å². The maximum absolute atomic E-state index is 12.6. The van der Waals surface area contributed by atoms with Crippen LogP contribution in [-0.2, 0) is 11.4 Å². The highest BCUT2D eigenvalue weighted by atomic mass is 32.2. The van der Waals surface area contributed by atoms with Gasteiger partial charge in [-0.05, 0) is 66.1 Å². The molecule has 174 valence electrons. The molecule has 3 heterocycles. The molecule has 0 spiro atoms. The minimum atomic E-state index is -0.459. The zero-order valence-electron chi connectivity index (χ0n) is 18.7. The number of amidine groups is 2. The van der Waals surface area contributed by atoms with Gasteiger partial charge in [0.15, 0.2) is 28.8 Å². The van der Waals surface area contributed by atoms with Crippen LogP contribution in [-0.4, -0.2) is 40.9 Å². The van der Waals surface area contributed by atoms with Gasteiger partial charge in [-0.3, -0.25) is 10.2 Å². The van der Waals surface area contributed by atoms with Gasteiger partial charge < -0.3 is 18.9 Å². The molecule has 0 atom stereocenters. The highest BCUT2D eigenvalue weighted by Crippen LogP contribution is 2.35. The molecule has 2 aromatic rings. The van der Waals surface area contributed by atoms with Gasteiger partial charge in [0.2, 0.25) is 12.0 Å². The third kappa shape index (κ3) is 4.24. The second kappa shape index (κ2) is 9.22. The summed E-state index contributed by atoms with van der Waals surface area (Å²) in [4.78, 5) is 16.7. The number of methoxy groups -OCH3 is 1. The normalized spacial score (nSPS) is 17.6. The van der Waals surface area contributed by atoms with E-state index < -0.39 is 5.91 Å². The van der Waals surface area contributed by atoms with Crippen molar-refractivity contribution in [1.29, 1.82) is 5.41 Å². The lowest BCUT2D eigenvalue weighted by Gasteiger charge is -2.20. The molecule has 0 saturated carbocycles. The number of fused-ring (bicyclic) bond motifs is 2. The summed E-state index contributed by atoms with van der Waals surface area (Å²) >= 11 is 1.34. The van der Waals surface area contributed by atoms with Gasteiger partial charge in [0.25, 0.3) is 5.91 Å². The lowest BCUT2D eigenvalue weighted by atomic mass is 10.1. The fraction of sp³-hybridized carbons (Fsp3) is 0.250. The second-order valence-corrected chi connectivity index (χ2v) is 8.69. The monoisotopic (exact) mass is 478 g/mol. The van der Waals surface area contributed by atoms with Crippen molar-refractivity contribution >= 4 is 39.8 Å². The molecule has 10 heteroatoms. The third-order valence-electron chi connectivity index (χ3n) is 5.29. The Morgan fingerprint density at radius 1 is 1.18 bits per heavy atom. The highest BCUT2D eigenvalue weighted by Gasteiger charge is 2.35. The molecular formula is C24H22N4O5S. The van der Waals surface area contributed by atoms with Crippen LogP contribution >= 0.6 is 11.8 Å². The van der Waals surface area contributed by atoms with Crippen LogP contribution in [0.25, 0.3) is 6.08 Å². The van der Waals surface area contributed by atoms with Crippen LogP contribution in [0.2, 0.25) is 0 Å². The highest BCUT2D eigenvalue weighted by molar-refractivity contribution is 8.26. The minimum absolute atomic E-state index is 0.00991. The molecule has 1 N–H and O–H groups in total. The molecule has 3 aliphatic heterocycles. The van der Waals surface area contributed by atoms with E-state index in [9.17, 15) is 4.79 Å². The van der Waals surface area contributed by atoms with Gasteiger partial charge in [-0.1, -0.05) is 19.1 Å². The Bertz CT molecular complexity index is 1270. The average molecular weight is 479 g/mol. The van der Waals surface area contributed by atoms with E-state index in [0.717, 1.165) is 29.2 Å². The number of thioether (sulfide) groups is 1. The Balaban J connectivity index is 1.34. The summed E-state index contributed by atoms with van der Waals surface area (Å²) in [6.45, 7) is 2.60. The molecule has 0 bridgehead atoms. The average Bonchev–Trinajstić information content (AvgIpc) is 3.47. The second-order valence-electron chi connectivity index (χ2n) is 7.65. The first kappa shape index (κ1) is 22.0. The minimum Gasteiger partial charge on any atom is -0.493 e. The van der Waals surface area contributed by atoms with Crippen molar-refractivity contribution in [2.24, 2.45) is 10.1 Å². The molecule has 0 fully saturated rings. The SMILES string of the molecule is CCCC1=NN2C(=N)C(=Cc3ccc(OCc4ccc5c(c4)OCO5)c(OC)c3)C(=O)N=C2S1. The van der Waals surface area contributed by atoms with E-state index in [2.05, 4.69) is 17.0 Å². The Kier molecular flexibility index (Phi) is 5.97. The zero-order chi connectivity index (χ0) is 23.7. The maximum atomic E-state index is 12.6. The number of nitrogens with one attached hydrogen (secondary N) is 1. The molecule has 0 aromatic heterocycles. The molecule has 1 amide bonds. The summed E-state index contributed by atoms with van der Waals surface area (Å²) < 4.78 is 22.2. The van der Waals surface area contributed by atoms with Gasteiger partial charge in [0, 0.05) is 0 Å². The van der Waals surface area contributed by atoms with Gasteiger partial charge >= 0.3 is 0 Å². The van der Waals surface area contributed by atoms with Gasteiger partial charge in [-0.2, -0.15) is 15.1 Å². The van der Waals surface area contributed by atoms with Crippen LogP contribution < -0.4 is 18.9 Å². The van der Waals surface area contributed by atoms with E-state index in [1.165, 1.54) is 16.8 Å².